The van der Waals surface area contributed by atoms with Crippen LogP contribution in [0.15, 0.2) is 11.3 Å². The third-order valence-corrected chi connectivity index (χ3v) is 3.52. The number of allylic oxidation sites excluding steroid dienone is 1. The summed E-state index contributed by atoms with van der Waals surface area (Å²) in [7, 11) is 0. The minimum atomic E-state index is 0.436. The molecular formula is C13H22O. The molecule has 1 aliphatic heterocycles. The monoisotopic (exact) mass is 194 g/mol. The van der Waals surface area contributed by atoms with Gasteiger partial charge in [-0.3, -0.25) is 0 Å². The summed E-state index contributed by atoms with van der Waals surface area (Å²) in [5.41, 5.74) is 1.63. The molecule has 0 spiro atoms. The van der Waals surface area contributed by atoms with E-state index in [4.69, 9.17) is 4.74 Å². The van der Waals surface area contributed by atoms with Crippen molar-refractivity contribution in [3.8, 4) is 0 Å². The molecule has 0 saturated heterocycles. The number of hydrogen-bond acceptors (Lipinski definition) is 1. The van der Waals surface area contributed by atoms with E-state index in [9.17, 15) is 0 Å². The van der Waals surface area contributed by atoms with Crippen LogP contribution in [0.25, 0.3) is 0 Å². The lowest BCUT2D eigenvalue weighted by atomic mass is 9.96. The normalized spacial score (nSPS) is 29.6. The number of ether oxygens (including phenoxy) is 1. The summed E-state index contributed by atoms with van der Waals surface area (Å²) in [5, 5.41) is 0. The molecular weight excluding hydrogens is 172 g/mol. The highest BCUT2D eigenvalue weighted by Gasteiger charge is 2.26. The fourth-order valence-corrected chi connectivity index (χ4v) is 2.58. The van der Waals surface area contributed by atoms with Crippen molar-refractivity contribution in [2.24, 2.45) is 0 Å². The molecule has 0 aromatic heterocycles. The van der Waals surface area contributed by atoms with Gasteiger partial charge in [0.05, 0.1) is 5.76 Å². The SMILES string of the molecule is CC1OC2=C1CCCCCCCCC2. The first kappa shape index (κ1) is 10.1. The van der Waals surface area contributed by atoms with Crippen LogP contribution >= 0.6 is 0 Å². The minimum Gasteiger partial charge on any atom is -0.490 e. The van der Waals surface area contributed by atoms with Gasteiger partial charge in [0, 0.05) is 12.0 Å². The van der Waals surface area contributed by atoms with Crippen LogP contribution in [0.1, 0.15) is 64.7 Å². The van der Waals surface area contributed by atoms with Gasteiger partial charge in [-0.25, -0.2) is 0 Å². The maximum Gasteiger partial charge on any atom is 0.120 e. The molecule has 1 unspecified atom stereocenters. The van der Waals surface area contributed by atoms with Crippen LogP contribution in [0.2, 0.25) is 0 Å². The standard InChI is InChI=1S/C13H22O/c1-11-12-9-7-5-3-2-4-6-8-10-13(12)14-11/h11H,2-10H2,1H3. The number of rotatable bonds is 0. The van der Waals surface area contributed by atoms with Crippen molar-refractivity contribution >= 4 is 0 Å². The second-order valence-corrected chi connectivity index (χ2v) is 4.68. The van der Waals surface area contributed by atoms with Crippen LogP contribution in [0.5, 0.6) is 0 Å². The van der Waals surface area contributed by atoms with Crippen LogP contribution in [-0.2, 0) is 4.74 Å². The summed E-state index contributed by atoms with van der Waals surface area (Å²) >= 11 is 0. The average Bonchev–Trinajstić information content (AvgIpc) is 2.21. The summed E-state index contributed by atoms with van der Waals surface area (Å²) in [4.78, 5) is 0. The molecule has 0 aromatic carbocycles. The highest BCUT2D eigenvalue weighted by atomic mass is 16.5. The Morgan fingerprint density at radius 1 is 0.857 bits per heavy atom. The molecule has 0 fully saturated rings. The van der Waals surface area contributed by atoms with Crippen molar-refractivity contribution < 1.29 is 4.74 Å². The molecule has 1 aliphatic carbocycles. The zero-order valence-electron chi connectivity index (χ0n) is 9.35. The predicted molar refractivity (Wildman–Crippen MR) is 59.1 cm³/mol. The van der Waals surface area contributed by atoms with Gasteiger partial charge in [-0.2, -0.15) is 0 Å². The average molecular weight is 194 g/mol. The molecule has 0 bridgehead atoms. The molecule has 14 heavy (non-hydrogen) atoms. The molecule has 0 radical (unpaired) electrons. The molecule has 1 heterocycles. The van der Waals surface area contributed by atoms with Crippen LogP contribution in [0, 0.1) is 0 Å². The second kappa shape index (κ2) is 4.86. The lowest BCUT2D eigenvalue weighted by Crippen LogP contribution is -2.24. The highest BCUT2D eigenvalue weighted by Crippen LogP contribution is 2.34. The van der Waals surface area contributed by atoms with E-state index >= 15 is 0 Å². The summed E-state index contributed by atoms with van der Waals surface area (Å²) in [6, 6.07) is 0. The van der Waals surface area contributed by atoms with Gasteiger partial charge in [0.2, 0.25) is 0 Å². The van der Waals surface area contributed by atoms with E-state index in [1.807, 2.05) is 0 Å². The Hall–Kier alpha value is -0.460. The van der Waals surface area contributed by atoms with Crippen molar-refractivity contribution in [1.82, 2.24) is 0 Å². The van der Waals surface area contributed by atoms with E-state index in [1.54, 1.807) is 5.57 Å². The summed E-state index contributed by atoms with van der Waals surface area (Å²) < 4.78 is 5.70. The fraction of sp³-hybridized carbons (Fsp3) is 0.846. The van der Waals surface area contributed by atoms with Crippen molar-refractivity contribution in [2.75, 3.05) is 0 Å². The van der Waals surface area contributed by atoms with Gasteiger partial charge in [0.25, 0.3) is 0 Å². The van der Waals surface area contributed by atoms with Gasteiger partial charge in [0.1, 0.15) is 6.10 Å². The Labute approximate surface area is 87.5 Å². The maximum atomic E-state index is 5.70. The van der Waals surface area contributed by atoms with Crippen LogP contribution in [0.3, 0.4) is 0 Å². The van der Waals surface area contributed by atoms with Crippen molar-refractivity contribution in [3.05, 3.63) is 11.3 Å². The molecule has 0 N–H and O–H groups in total. The molecule has 1 atom stereocenters. The molecule has 80 valence electrons. The highest BCUT2D eigenvalue weighted by molar-refractivity contribution is 5.21. The van der Waals surface area contributed by atoms with Gasteiger partial charge < -0.3 is 4.74 Å². The number of hydrogen-bond donors (Lipinski definition) is 0. The molecule has 2 rings (SSSR count). The zero-order valence-corrected chi connectivity index (χ0v) is 9.35. The first-order valence-corrected chi connectivity index (χ1v) is 6.26. The van der Waals surface area contributed by atoms with E-state index in [-0.39, 0.29) is 0 Å². The third-order valence-electron chi connectivity index (χ3n) is 3.52. The van der Waals surface area contributed by atoms with E-state index in [1.165, 1.54) is 63.5 Å². The summed E-state index contributed by atoms with van der Waals surface area (Å²) in [6.07, 6.45) is 12.8. The van der Waals surface area contributed by atoms with Gasteiger partial charge in [-0.15, -0.1) is 0 Å². The van der Waals surface area contributed by atoms with Crippen LogP contribution in [0.4, 0.5) is 0 Å². The molecule has 1 nitrogen and oxygen atoms in total. The Morgan fingerprint density at radius 2 is 1.43 bits per heavy atom. The van der Waals surface area contributed by atoms with Crippen LogP contribution in [-0.4, -0.2) is 6.10 Å². The molecule has 1 heteroatoms. The quantitative estimate of drug-likeness (QED) is 0.562. The molecule has 0 saturated carbocycles. The van der Waals surface area contributed by atoms with Gasteiger partial charge in [-0.1, -0.05) is 32.1 Å². The molecule has 2 aliphatic rings. The Balaban J connectivity index is 1.90. The molecule has 0 aromatic rings. The van der Waals surface area contributed by atoms with E-state index < -0.39 is 0 Å². The zero-order chi connectivity index (χ0) is 9.80. The summed E-state index contributed by atoms with van der Waals surface area (Å²) in [5.74, 6) is 1.35. The summed E-state index contributed by atoms with van der Waals surface area (Å²) in [6.45, 7) is 2.19. The van der Waals surface area contributed by atoms with Gasteiger partial charge in [-0.05, 0) is 26.2 Å². The minimum absolute atomic E-state index is 0.436. The van der Waals surface area contributed by atoms with Gasteiger partial charge >= 0.3 is 0 Å². The first-order chi connectivity index (χ1) is 6.88. The van der Waals surface area contributed by atoms with Crippen LogP contribution < -0.4 is 0 Å². The van der Waals surface area contributed by atoms with Crippen molar-refractivity contribution in [1.29, 1.82) is 0 Å². The Morgan fingerprint density at radius 3 is 2.07 bits per heavy atom. The first-order valence-electron chi connectivity index (χ1n) is 6.26. The van der Waals surface area contributed by atoms with Crippen molar-refractivity contribution in [3.63, 3.8) is 0 Å². The van der Waals surface area contributed by atoms with Gasteiger partial charge in [0.15, 0.2) is 0 Å². The third kappa shape index (κ3) is 2.31. The second-order valence-electron chi connectivity index (χ2n) is 4.68. The topological polar surface area (TPSA) is 9.23 Å². The van der Waals surface area contributed by atoms with E-state index in [0.717, 1.165) is 0 Å². The van der Waals surface area contributed by atoms with Crippen molar-refractivity contribution in [2.45, 2.75) is 70.8 Å². The smallest absolute Gasteiger partial charge is 0.120 e. The fourth-order valence-electron chi connectivity index (χ4n) is 2.58. The lowest BCUT2D eigenvalue weighted by Gasteiger charge is -2.32. The Kier molecular flexibility index (Phi) is 3.49. The molecule has 0 amide bonds. The van der Waals surface area contributed by atoms with E-state index in [2.05, 4.69) is 6.92 Å². The maximum absolute atomic E-state index is 5.70. The largest absolute Gasteiger partial charge is 0.490 e. The van der Waals surface area contributed by atoms with E-state index in [0.29, 0.717) is 6.10 Å². The Bertz CT molecular complexity index is 217. The predicted octanol–water partition coefficient (Wildman–Crippen LogP) is 4.18. The lowest BCUT2D eigenvalue weighted by molar-refractivity contribution is 0.0846.